The molecular weight excluding hydrogens is 234 g/mol. The van der Waals surface area contributed by atoms with Crippen LogP contribution in [-0.4, -0.2) is 25.1 Å². The molecule has 0 radical (unpaired) electrons. The van der Waals surface area contributed by atoms with Crippen molar-refractivity contribution in [1.82, 2.24) is 4.98 Å². The van der Waals surface area contributed by atoms with Gasteiger partial charge in [-0.25, -0.2) is 4.98 Å². The SMILES string of the molecule is CCC1CCCC(Nc2ccc(N(C)C)nc2)CC1. The lowest BCUT2D eigenvalue weighted by molar-refractivity contribution is 0.444. The first-order valence-corrected chi connectivity index (χ1v) is 7.59. The maximum Gasteiger partial charge on any atom is 0.128 e. The third-order valence-corrected chi connectivity index (χ3v) is 4.24. The highest BCUT2D eigenvalue weighted by molar-refractivity contribution is 5.48. The third kappa shape index (κ3) is 4.12. The minimum atomic E-state index is 0.628. The van der Waals surface area contributed by atoms with Gasteiger partial charge in [-0.1, -0.05) is 26.2 Å². The molecule has 2 rings (SSSR count). The zero-order valence-corrected chi connectivity index (χ0v) is 12.5. The first-order chi connectivity index (χ1) is 9.19. The Bertz CT molecular complexity index is 372. The lowest BCUT2D eigenvalue weighted by Gasteiger charge is -2.18. The number of anilines is 2. The first kappa shape index (κ1) is 14.2. The molecule has 1 N–H and O–H groups in total. The van der Waals surface area contributed by atoms with E-state index < -0.39 is 0 Å². The summed E-state index contributed by atoms with van der Waals surface area (Å²) in [7, 11) is 4.04. The number of nitrogens with one attached hydrogen (secondary N) is 1. The number of aromatic nitrogens is 1. The summed E-state index contributed by atoms with van der Waals surface area (Å²) in [6, 6.07) is 4.85. The Kier molecular flexibility index (Phi) is 5.06. The fraction of sp³-hybridized carbons (Fsp3) is 0.688. The van der Waals surface area contributed by atoms with E-state index in [1.165, 1.54) is 38.5 Å². The average molecular weight is 261 g/mol. The molecular formula is C16H27N3. The molecule has 1 saturated carbocycles. The second kappa shape index (κ2) is 6.78. The van der Waals surface area contributed by atoms with Crippen molar-refractivity contribution in [3.63, 3.8) is 0 Å². The fourth-order valence-corrected chi connectivity index (χ4v) is 2.90. The molecule has 0 aromatic carbocycles. The molecule has 1 aromatic rings. The predicted octanol–water partition coefficient (Wildman–Crippen LogP) is 3.92. The predicted molar refractivity (Wildman–Crippen MR) is 82.8 cm³/mol. The van der Waals surface area contributed by atoms with E-state index in [4.69, 9.17) is 0 Å². The topological polar surface area (TPSA) is 28.2 Å². The molecule has 0 bridgehead atoms. The van der Waals surface area contributed by atoms with E-state index in [1.807, 2.05) is 25.2 Å². The Balaban J connectivity index is 1.90. The molecule has 1 aromatic heterocycles. The summed E-state index contributed by atoms with van der Waals surface area (Å²) in [5.74, 6) is 1.96. The van der Waals surface area contributed by atoms with Gasteiger partial charge in [-0.05, 0) is 37.3 Å². The van der Waals surface area contributed by atoms with E-state index in [1.54, 1.807) is 0 Å². The molecule has 0 aliphatic heterocycles. The van der Waals surface area contributed by atoms with Crippen molar-refractivity contribution in [3.8, 4) is 0 Å². The first-order valence-electron chi connectivity index (χ1n) is 7.59. The summed E-state index contributed by atoms with van der Waals surface area (Å²) in [4.78, 5) is 6.49. The van der Waals surface area contributed by atoms with Gasteiger partial charge in [0.2, 0.25) is 0 Å². The largest absolute Gasteiger partial charge is 0.381 e. The smallest absolute Gasteiger partial charge is 0.128 e. The molecule has 0 saturated heterocycles. The van der Waals surface area contributed by atoms with E-state index in [-0.39, 0.29) is 0 Å². The Morgan fingerprint density at radius 1 is 1.21 bits per heavy atom. The van der Waals surface area contributed by atoms with Gasteiger partial charge < -0.3 is 10.2 Å². The van der Waals surface area contributed by atoms with Gasteiger partial charge in [-0.3, -0.25) is 0 Å². The minimum Gasteiger partial charge on any atom is -0.381 e. The molecule has 2 atom stereocenters. The number of rotatable bonds is 4. The van der Waals surface area contributed by atoms with Gasteiger partial charge in [0.15, 0.2) is 0 Å². The van der Waals surface area contributed by atoms with Gasteiger partial charge >= 0.3 is 0 Å². The van der Waals surface area contributed by atoms with Crippen molar-refractivity contribution in [3.05, 3.63) is 18.3 Å². The molecule has 3 heteroatoms. The third-order valence-electron chi connectivity index (χ3n) is 4.24. The number of hydrogen-bond acceptors (Lipinski definition) is 3. The fourth-order valence-electron chi connectivity index (χ4n) is 2.90. The molecule has 0 spiro atoms. The van der Waals surface area contributed by atoms with Crippen LogP contribution in [0, 0.1) is 5.92 Å². The molecule has 0 amide bonds. The van der Waals surface area contributed by atoms with Crippen molar-refractivity contribution < 1.29 is 0 Å². The van der Waals surface area contributed by atoms with Crippen LogP contribution >= 0.6 is 0 Å². The van der Waals surface area contributed by atoms with Crippen molar-refractivity contribution in [1.29, 1.82) is 0 Å². The van der Waals surface area contributed by atoms with Crippen LogP contribution in [0.1, 0.15) is 45.4 Å². The Morgan fingerprint density at radius 3 is 2.68 bits per heavy atom. The standard InChI is InChI=1S/C16H27N3/c1-4-13-6-5-7-14(9-8-13)18-15-10-11-16(17-12-15)19(2)3/h10-14,18H,4-9H2,1-3H3. The number of hydrogen-bond donors (Lipinski definition) is 1. The Morgan fingerprint density at radius 2 is 2.05 bits per heavy atom. The maximum atomic E-state index is 4.46. The van der Waals surface area contributed by atoms with E-state index in [2.05, 4.69) is 29.4 Å². The van der Waals surface area contributed by atoms with Crippen LogP contribution in [0.5, 0.6) is 0 Å². The summed E-state index contributed by atoms with van der Waals surface area (Å²) in [5.41, 5.74) is 1.16. The van der Waals surface area contributed by atoms with Gasteiger partial charge in [0.25, 0.3) is 0 Å². The summed E-state index contributed by atoms with van der Waals surface area (Å²) in [6.45, 7) is 2.32. The molecule has 1 heterocycles. The second-order valence-electron chi connectivity index (χ2n) is 5.92. The molecule has 1 aliphatic carbocycles. The van der Waals surface area contributed by atoms with Gasteiger partial charge in [0.1, 0.15) is 5.82 Å². The lowest BCUT2D eigenvalue weighted by Crippen LogP contribution is -2.19. The van der Waals surface area contributed by atoms with Crippen molar-refractivity contribution in [2.45, 2.75) is 51.5 Å². The quantitative estimate of drug-likeness (QED) is 0.833. The van der Waals surface area contributed by atoms with Crippen LogP contribution in [-0.2, 0) is 0 Å². The van der Waals surface area contributed by atoms with Crippen LogP contribution in [0.4, 0.5) is 11.5 Å². The van der Waals surface area contributed by atoms with E-state index >= 15 is 0 Å². The highest BCUT2D eigenvalue weighted by Crippen LogP contribution is 2.27. The maximum absolute atomic E-state index is 4.46. The zero-order chi connectivity index (χ0) is 13.7. The van der Waals surface area contributed by atoms with E-state index in [0.717, 1.165) is 17.4 Å². The van der Waals surface area contributed by atoms with Gasteiger partial charge in [0.05, 0.1) is 11.9 Å². The summed E-state index contributed by atoms with van der Waals surface area (Å²) < 4.78 is 0. The van der Waals surface area contributed by atoms with Crippen molar-refractivity contribution >= 4 is 11.5 Å². The van der Waals surface area contributed by atoms with Crippen LogP contribution in [0.3, 0.4) is 0 Å². The Labute approximate surface area is 117 Å². The molecule has 1 aliphatic rings. The normalized spacial score (nSPS) is 23.7. The van der Waals surface area contributed by atoms with E-state index in [0.29, 0.717) is 6.04 Å². The Hall–Kier alpha value is -1.25. The van der Waals surface area contributed by atoms with Crippen LogP contribution in [0.15, 0.2) is 18.3 Å². The lowest BCUT2D eigenvalue weighted by atomic mass is 9.98. The van der Waals surface area contributed by atoms with Gasteiger partial charge in [0, 0.05) is 20.1 Å². The summed E-state index contributed by atoms with van der Waals surface area (Å²) >= 11 is 0. The average Bonchev–Trinajstić information content (AvgIpc) is 2.64. The minimum absolute atomic E-state index is 0.628. The van der Waals surface area contributed by atoms with Crippen molar-refractivity contribution in [2.24, 2.45) is 5.92 Å². The highest BCUT2D eigenvalue weighted by Gasteiger charge is 2.17. The summed E-state index contributed by atoms with van der Waals surface area (Å²) in [6.07, 6.45) is 10.0. The van der Waals surface area contributed by atoms with Gasteiger partial charge in [-0.2, -0.15) is 0 Å². The number of pyridine rings is 1. The van der Waals surface area contributed by atoms with Crippen molar-refractivity contribution in [2.75, 3.05) is 24.3 Å². The second-order valence-corrected chi connectivity index (χ2v) is 5.92. The van der Waals surface area contributed by atoms with Crippen LogP contribution in [0.2, 0.25) is 0 Å². The zero-order valence-electron chi connectivity index (χ0n) is 12.5. The summed E-state index contributed by atoms with van der Waals surface area (Å²) in [5, 5.41) is 3.65. The monoisotopic (exact) mass is 261 g/mol. The number of nitrogens with zero attached hydrogens (tertiary/aromatic N) is 2. The molecule has 19 heavy (non-hydrogen) atoms. The van der Waals surface area contributed by atoms with Crippen LogP contribution < -0.4 is 10.2 Å². The molecule has 2 unspecified atom stereocenters. The van der Waals surface area contributed by atoms with E-state index in [9.17, 15) is 0 Å². The highest BCUT2D eigenvalue weighted by atomic mass is 15.1. The molecule has 1 fully saturated rings. The molecule has 106 valence electrons. The van der Waals surface area contributed by atoms with Gasteiger partial charge in [-0.15, -0.1) is 0 Å². The van der Waals surface area contributed by atoms with Crippen LogP contribution in [0.25, 0.3) is 0 Å². The molecule has 3 nitrogen and oxygen atoms in total.